The maximum absolute atomic E-state index is 13.9. The van der Waals surface area contributed by atoms with Crippen LogP contribution in [0.2, 0.25) is 12.6 Å². The van der Waals surface area contributed by atoms with E-state index >= 15 is 0 Å². The molecule has 0 spiro atoms. The van der Waals surface area contributed by atoms with Crippen LogP contribution in [-0.2, 0) is 16.0 Å². The Morgan fingerprint density at radius 3 is 1.86 bits per heavy atom. The maximum atomic E-state index is 13.9. The molecular formula is C40H65B2FN4O9. The van der Waals surface area contributed by atoms with Gasteiger partial charge in [-0.05, 0) is 139 Å². The summed E-state index contributed by atoms with van der Waals surface area (Å²) < 4.78 is 19.3. The highest BCUT2D eigenvalue weighted by Crippen LogP contribution is 2.34. The smallest absolute Gasteiger partial charge is 0.451 e. The molecule has 0 saturated carbocycles. The molecule has 2 aliphatic rings. The third-order valence-corrected chi connectivity index (χ3v) is 11.4. The number of nitrogens with zero attached hydrogens (tertiary/aromatic N) is 2. The molecule has 4 rings (SSSR count). The van der Waals surface area contributed by atoms with Crippen molar-refractivity contribution in [1.82, 2.24) is 9.80 Å². The van der Waals surface area contributed by atoms with Crippen molar-refractivity contribution in [1.29, 1.82) is 0 Å². The highest BCUT2D eigenvalue weighted by Gasteiger charge is 2.35. The topological polar surface area (TPSA) is 223 Å². The number of unbranched alkanes of at least 4 members (excludes halogenated alkanes) is 2. The van der Waals surface area contributed by atoms with Crippen LogP contribution in [0, 0.1) is 5.82 Å². The van der Waals surface area contributed by atoms with Crippen molar-refractivity contribution in [2.45, 2.75) is 132 Å². The molecule has 0 radical (unpaired) electrons. The van der Waals surface area contributed by atoms with Gasteiger partial charge in [-0.2, -0.15) is 0 Å². The van der Waals surface area contributed by atoms with Crippen molar-refractivity contribution in [3.05, 3.63) is 65.5 Å². The molecule has 56 heavy (non-hydrogen) atoms. The maximum Gasteiger partial charge on any atom is 0.451 e. The number of benzene rings is 2. The highest BCUT2D eigenvalue weighted by atomic mass is 19.1. The van der Waals surface area contributed by atoms with Gasteiger partial charge in [-0.25, -0.2) is 4.39 Å². The quantitative estimate of drug-likeness (QED) is 0.0556. The van der Waals surface area contributed by atoms with E-state index in [0.717, 1.165) is 63.2 Å². The Hall–Kier alpha value is -3.08. The number of methoxy groups -OCH3 is 1. The lowest BCUT2D eigenvalue weighted by Crippen LogP contribution is -2.48. The first-order chi connectivity index (χ1) is 26.7. The summed E-state index contributed by atoms with van der Waals surface area (Å²) in [6.07, 6.45) is 10.4. The number of carboxylic acids is 2. The number of halogens is 1. The van der Waals surface area contributed by atoms with Gasteiger partial charge in [-0.3, -0.25) is 14.5 Å². The fourth-order valence-corrected chi connectivity index (χ4v) is 8.07. The predicted molar refractivity (Wildman–Crippen MR) is 217 cm³/mol. The van der Waals surface area contributed by atoms with Crippen LogP contribution in [0.1, 0.15) is 107 Å². The van der Waals surface area contributed by atoms with E-state index in [4.69, 9.17) is 36.3 Å². The molecular weight excluding hydrogens is 721 g/mol. The Labute approximate surface area is 332 Å². The Bertz CT molecular complexity index is 1480. The Kier molecular flexibility index (Phi) is 20.3. The second kappa shape index (κ2) is 24.0. The number of aliphatic carboxylic acids is 2. The number of rotatable bonds is 24. The molecule has 0 amide bonds. The summed E-state index contributed by atoms with van der Waals surface area (Å²) in [6, 6.07) is 15.6. The standard InChI is InChI=1S/C20H32BFN2O4.C20H33BN2O5/c22-18-9-2-1-7-16(18)15-17-8-5-13-24(17)14-6-11-20(23,19(25)26)10-3-4-12-21(27)28;1-28-17-8-4-7-16(15-17)18-9-5-13-23(18)14-6-11-20(22,19(24)25)10-2-3-12-21(26)27/h1-2,7,9,17,27-28H,3-6,8,10-15,23H2,(H,25,26);4,7-8,15,18,26-27H,2-3,5-6,9-14,22H2,1H3,(H,24,25). The van der Waals surface area contributed by atoms with Crippen LogP contribution < -0.4 is 16.2 Å². The third kappa shape index (κ3) is 15.7. The zero-order valence-electron chi connectivity index (χ0n) is 33.1. The highest BCUT2D eigenvalue weighted by molar-refractivity contribution is 6.41. The first kappa shape index (κ1) is 47.3. The lowest BCUT2D eigenvalue weighted by atomic mass is 9.81. The van der Waals surface area contributed by atoms with Crippen LogP contribution in [0.3, 0.4) is 0 Å². The molecule has 2 aromatic rings. The van der Waals surface area contributed by atoms with Gasteiger partial charge in [-0.1, -0.05) is 56.0 Å². The monoisotopic (exact) mass is 786 g/mol. The van der Waals surface area contributed by atoms with E-state index < -0.39 is 37.3 Å². The van der Waals surface area contributed by atoms with Gasteiger partial charge >= 0.3 is 26.2 Å². The van der Waals surface area contributed by atoms with E-state index in [1.165, 1.54) is 11.6 Å². The molecule has 10 N–H and O–H groups in total. The Balaban J connectivity index is 0.000000300. The van der Waals surface area contributed by atoms with Crippen LogP contribution >= 0.6 is 0 Å². The molecule has 2 saturated heterocycles. The van der Waals surface area contributed by atoms with E-state index in [0.29, 0.717) is 76.7 Å². The normalized spacial score (nSPS) is 19.4. The first-order valence-corrected chi connectivity index (χ1v) is 20.3. The van der Waals surface area contributed by atoms with E-state index in [1.807, 2.05) is 24.3 Å². The van der Waals surface area contributed by atoms with E-state index in [2.05, 4.69) is 21.9 Å². The lowest BCUT2D eigenvalue weighted by Gasteiger charge is -2.28. The van der Waals surface area contributed by atoms with Gasteiger partial charge in [0.2, 0.25) is 0 Å². The van der Waals surface area contributed by atoms with Crippen molar-refractivity contribution in [3.63, 3.8) is 0 Å². The van der Waals surface area contributed by atoms with Crippen molar-refractivity contribution < 1.29 is 49.0 Å². The zero-order valence-corrected chi connectivity index (χ0v) is 33.1. The minimum absolute atomic E-state index is 0.172. The second-order valence-corrected chi connectivity index (χ2v) is 15.7. The van der Waals surface area contributed by atoms with Gasteiger partial charge < -0.3 is 51.4 Å². The van der Waals surface area contributed by atoms with Gasteiger partial charge in [0.15, 0.2) is 0 Å². The van der Waals surface area contributed by atoms with Crippen molar-refractivity contribution in [2.75, 3.05) is 33.3 Å². The number of carbonyl (C=O) groups is 2. The SMILES string of the molecule is COc1cccc(C2CCCN2CCCC(N)(CCCCB(O)O)C(=O)O)c1.NC(CCCCB(O)O)(CCCN1CCCC1Cc1ccccc1F)C(=O)O. The molecule has 2 aromatic carbocycles. The van der Waals surface area contributed by atoms with E-state index in [9.17, 15) is 24.2 Å². The minimum Gasteiger partial charge on any atom is -0.497 e. The number of hydrogen-bond donors (Lipinski definition) is 8. The van der Waals surface area contributed by atoms with Gasteiger partial charge in [-0.15, -0.1) is 0 Å². The first-order valence-electron chi connectivity index (χ1n) is 20.3. The van der Waals surface area contributed by atoms with Crippen LogP contribution in [0.4, 0.5) is 4.39 Å². The molecule has 0 bridgehead atoms. The zero-order chi connectivity index (χ0) is 41.1. The average molecular weight is 787 g/mol. The van der Waals surface area contributed by atoms with E-state index in [1.54, 1.807) is 13.2 Å². The largest absolute Gasteiger partial charge is 0.497 e. The summed E-state index contributed by atoms with van der Waals surface area (Å²) in [5.74, 6) is -1.32. The lowest BCUT2D eigenvalue weighted by molar-refractivity contribution is -0.145. The van der Waals surface area contributed by atoms with Crippen LogP contribution in [0.5, 0.6) is 5.75 Å². The van der Waals surface area contributed by atoms with Crippen molar-refractivity contribution in [3.8, 4) is 5.75 Å². The van der Waals surface area contributed by atoms with E-state index in [-0.39, 0.29) is 24.5 Å². The molecule has 16 heteroatoms. The van der Waals surface area contributed by atoms with Gasteiger partial charge in [0.25, 0.3) is 0 Å². The fourth-order valence-electron chi connectivity index (χ4n) is 8.07. The van der Waals surface area contributed by atoms with Gasteiger partial charge in [0.1, 0.15) is 22.6 Å². The number of nitrogens with two attached hydrogens (primary N) is 2. The van der Waals surface area contributed by atoms with Crippen LogP contribution in [0.15, 0.2) is 48.5 Å². The average Bonchev–Trinajstić information content (AvgIpc) is 3.82. The summed E-state index contributed by atoms with van der Waals surface area (Å²) >= 11 is 0. The van der Waals surface area contributed by atoms with Gasteiger partial charge in [0, 0.05) is 12.1 Å². The molecule has 13 nitrogen and oxygen atoms in total. The van der Waals surface area contributed by atoms with Crippen molar-refractivity contribution >= 4 is 26.2 Å². The third-order valence-electron chi connectivity index (χ3n) is 11.4. The predicted octanol–water partition coefficient (Wildman–Crippen LogP) is 4.08. The molecule has 4 atom stereocenters. The molecule has 2 fully saturated rings. The Morgan fingerprint density at radius 1 is 0.768 bits per heavy atom. The molecule has 0 aromatic heterocycles. The summed E-state index contributed by atoms with van der Waals surface area (Å²) in [5.41, 5.74) is 11.7. The van der Waals surface area contributed by atoms with Crippen LogP contribution in [0.25, 0.3) is 0 Å². The number of likely N-dealkylation sites (tertiary alicyclic amines) is 2. The Morgan fingerprint density at radius 2 is 1.30 bits per heavy atom. The number of ether oxygens (including phenoxy) is 1. The van der Waals surface area contributed by atoms with Crippen LogP contribution in [-0.4, -0.2) is 117 Å². The molecule has 312 valence electrons. The fraction of sp³-hybridized carbons (Fsp3) is 0.650. The molecule has 4 unspecified atom stereocenters. The molecule has 2 heterocycles. The molecule has 2 aliphatic heterocycles. The van der Waals surface area contributed by atoms with Gasteiger partial charge in [0.05, 0.1) is 7.11 Å². The summed E-state index contributed by atoms with van der Waals surface area (Å²) in [5, 5.41) is 54.7. The van der Waals surface area contributed by atoms with Crippen molar-refractivity contribution in [2.24, 2.45) is 11.5 Å². The number of hydrogen-bond acceptors (Lipinski definition) is 11. The minimum atomic E-state index is -1.36. The molecule has 0 aliphatic carbocycles. The summed E-state index contributed by atoms with van der Waals surface area (Å²) in [7, 11) is -1.04. The summed E-state index contributed by atoms with van der Waals surface area (Å²) in [6.45, 7) is 3.50. The second-order valence-electron chi connectivity index (χ2n) is 15.7. The summed E-state index contributed by atoms with van der Waals surface area (Å²) in [4.78, 5) is 28.0. The number of carboxylic acid groups (broad SMARTS) is 2.